The van der Waals surface area contributed by atoms with Crippen LogP contribution in [0.15, 0.2) is 65.2 Å². The second-order valence-corrected chi connectivity index (χ2v) is 7.29. The van der Waals surface area contributed by atoms with Crippen molar-refractivity contribution in [2.24, 2.45) is 0 Å². The number of urea groups is 1. The molecule has 0 bridgehead atoms. The summed E-state index contributed by atoms with van der Waals surface area (Å²) in [5.41, 5.74) is 1.77. The molecule has 0 aliphatic rings. The normalized spacial score (nSPS) is 10.6. The summed E-state index contributed by atoms with van der Waals surface area (Å²) in [7, 11) is 0. The van der Waals surface area contributed by atoms with Crippen molar-refractivity contribution < 1.29 is 13.7 Å². The van der Waals surface area contributed by atoms with Gasteiger partial charge in [0.2, 0.25) is 5.82 Å². The summed E-state index contributed by atoms with van der Waals surface area (Å²) in [6.45, 7) is 2.01. The van der Waals surface area contributed by atoms with Crippen molar-refractivity contribution in [1.82, 2.24) is 10.1 Å². The first-order chi connectivity index (χ1) is 13.6. The van der Waals surface area contributed by atoms with Crippen LogP contribution in [0, 0.1) is 12.7 Å². The van der Waals surface area contributed by atoms with Crippen molar-refractivity contribution >= 4 is 28.7 Å². The molecule has 2 aromatic carbocycles. The first-order valence-corrected chi connectivity index (χ1v) is 9.23. The summed E-state index contributed by atoms with van der Waals surface area (Å²) in [6.07, 6.45) is 0. The van der Waals surface area contributed by atoms with Gasteiger partial charge in [-0.2, -0.15) is 4.98 Å². The van der Waals surface area contributed by atoms with Crippen molar-refractivity contribution in [3.63, 3.8) is 0 Å². The molecule has 0 saturated heterocycles. The van der Waals surface area contributed by atoms with Gasteiger partial charge in [-0.15, -0.1) is 11.3 Å². The third kappa shape index (κ3) is 4.07. The molecule has 2 N–H and O–H groups in total. The number of anilines is 2. The molecule has 0 spiro atoms. The van der Waals surface area contributed by atoms with Crippen molar-refractivity contribution in [2.75, 3.05) is 10.6 Å². The molecular weight excluding hydrogens is 379 g/mol. The monoisotopic (exact) mass is 394 g/mol. The molecule has 0 atom stereocenters. The Kier molecular flexibility index (Phi) is 4.86. The first kappa shape index (κ1) is 17.9. The smallest absolute Gasteiger partial charge is 0.323 e. The van der Waals surface area contributed by atoms with Crippen molar-refractivity contribution in [2.45, 2.75) is 6.92 Å². The summed E-state index contributed by atoms with van der Waals surface area (Å²) in [5, 5.41) is 9.39. The summed E-state index contributed by atoms with van der Waals surface area (Å²) in [5.74, 6) is 0.528. The van der Waals surface area contributed by atoms with E-state index in [0.29, 0.717) is 28.7 Å². The zero-order valence-electron chi connectivity index (χ0n) is 14.8. The number of nitrogens with zero attached hydrogens (tertiary/aromatic N) is 2. The number of carbonyl (C=O) groups excluding carboxylic acids is 1. The minimum absolute atomic E-state index is 0.365. The Labute approximate surface area is 164 Å². The Morgan fingerprint density at radius 3 is 2.57 bits per heavy atom. The molecule has 4 rings (SSSR count). The largest absolute Gasteiger partial charge is 0.333 e. The SMILES string of the molecule is Cc1ccc(-c2nc(-c3cccc(NC(=O)Nc4ccc(F)cc4)c3)no2)s1. The van der Waals surface area contributed by atoms with Crippen LogP contribution in [-0.2, 0) is 0 Å². The van der Waals surface area contributed by atoms with Crippen molar-refractivity contribution in [3.05, 3.63) is 71.4 Å². The molecule has 0 saturated carbocycles. The Hall–Kier alpha value is -3.52. The van der Waals surface area contributed by atoms with Gasteiger partial charge in [0.25, 0.3) is 5.89 Å². The van der Waals surface area contributed by atoms with E-state index < -0.39 is 6.03 Å². The molecule has 8 heteroatoms. The lowest BCUT2D eigenvalue weighted by Crippen LogP contribution is -2.19. The average molecular weight is 394 g/mol. The highest BCUT2D eigenvalue weighted by Gasteiger charge is 2.13. The maximum Gasteiger partial charge on any atom is 0.323 e. The molecule has 140 valence electrons. The molecule has 0 radical (unpaired) electrons. The van der Waals surface area contributed by atoms with E-state index in [2.05, 4.69) is 20.8 Å². The zero-order chi connectivity index (χ0) is 19.5. The van der Waals surface area contributed by atoms with Crippen molar-refractivity contribution in [1.29, 1.82) is 0 Å². The second kappa shape index (κ2) is 7.61. The highest BCUT2D eigenvalue weighted by molar-refractivity contribution is 7.15. The van der Waals surface area contributed by atoms with Gasteiger partial charge in [-0.3, -0.25) is 0 Å². The molecule has 0 unspecified atom stereocenters. The van der Waals surface area contributed by atoms with Crippen LogP contribution in [0.25, 0.3) is 22.2 Å². The summed E-state index contributed by atoms with van der Waals surface area (Å²) in [4.78, 5) is 18.6. The van der Waals surface area contributed by atoms with Gasteiger partial charge in [0.1, 0.15) is 5.82 Å². The number of rotatable bonds is 4. The Morgan fingerprint density at radius 2 is 1.82 bits per heavy atom. The number of halogens is 1. The molecule has 28 heavy (non-hydrogen) atoms. The van der Waals surface area contributed by atoms with E-state index in [1.807, 2.05) is 25.1 Å². The average Bonchev–Trinajstić information content (AvgIpc) is 3.33. The lowest BCUT2D eigenvalue weighted by Gasteiger charge is -2.08. The van der Waals surface area contributed by atoms with Gasteiger partial charge in [-0.1, -0.05) is 17.3 Å². The molecule has 2 amide bonds. The Bertz CT molecular complexity index is 1120. The van der Waals surface area contributed by atoms with Gasteiger partial charge in [-0.05, 0) is 55.5 Å². The van der Waals surface area contributed by atoms with Gasteiger partial charge in [0.05, 0.1) is 4.88 Å². The number of nitrogens with one attached hydrogen (secondary N) is 2. The molecule has 2 aromatic heterocycles. The number of amides is 2. The van der Waals surface area contributed by atoms with Crippen LogP contribution in [0.1, 0.15) is 4.88 Å². The highest BCUT2D eigenvalue weighted by atomic mass is 32.1. The van der Waals surface area contributed by atoms with Gasteiger partial charge >= 0.3 is 6.03 Å². The molecule has 2 heterocycles. The predicted octanol–water partition coefficient (Wildman–Crippen LogP) is 5.56. The molecular formula is C20H15FN4O2S. The fourth-order valence-electron chi connectivity index (χ4n) is 2.55. The molecule has 6 nitrogen and oxygen atoms in total. The van der Waals surface area contributed by atoms with Crippen LogP contribution in [0.5, 0.6) is 0 Å². The fraction of sp³-hybridized carbons (Fsp3) is 0.0500. The number of carbonyl (C=O) groups is 1. The summed E-state index contributed by atoms with van der Waals surface area (Å²) in [6, 6.07) is 16.1. The number of hydrogen-bond acceptors (Lipinski definition) is 5. The lowest BCUT2D eigenvalue weighted by atomic mass is 10.2. The fourth-order valence-corrected chi connectivity index (χ4v) is 3.34. The summed E-state index contributed by atoms with van der Waals surface area (Å²) >= 11 is 1.58. The van der Waals surface area contributed by atoms with Crippen LogP contribution >= 0.6 is 11.3 Å². The van der Waals surface area contributed by atoms with Crippen LogP contribution in [-0.4, -0.2) is 16.2 Å². The zero-order valence-corrected chi connectivity index (χ0v) is 15.6. The maximum atomic E-state index is 12.9. The molecule has 0 aliphatic carbocycles. The van der Waals surface area contributed by atoms with Gasteiger partial charge in [0.15, 0.2) is 0 Å². The number of benzene rings is 2. The highest BCUT2D eigenvalue weighted by Crippen LogP contribution is 2.28. The Balaban J connectivity index is 1.48. The van der Waals surface area contributed by atoms with E-state index >= 15 is 0 Å². The van der Waals surface area contributed by atoms with Gasteiger partial charge in [0, 0.05) is 21.8 Å². The first-order valence-electron chi connectivity index (χ1n) is 8.41. The minimum atomic E-state index is -0.438. The molecule has 4 aromatic rings. The van der Waals surface area contributed by atoms with E-state index in [0.717, 1.165) is 9.75 Å². The number of thiophene rings is 1. The van der Waals surface area contributed by atoms with E-state index in [4.69, 9.17) is 4.52 Å². The second-order valence-electron chi connectivity index (χ2n) is 6.00. The summed E-state index contributed by atoms with van der Waals surface area (Å²) < 4.78 is 18.3. The van der Waals surface area contributed by atoms with Crippen LogP contribution in [0.4, 0.5) is 20.6 Å². The minimum Gasteiger partial charge on any atom is -0.333 e. The topological polar surface area (TPSA) is 80.0 Å². The van der Waals surface area contributed by atoms with E-state index in [1.54, 1.807) is 29.5 Å². The number of aryl methyl sites for hydroxylation is 1. The van der Waals surface area contributed by atoms with E-state index in [9.17, 15) is 9.18 Å². The molecule has 0 fully saturated rings. The van der Waals surface area contributed by atoms with Crippen LogP contribution < -0.4 is 10.6 Å². The van der Waals surface area contributed by atoms with E-state index in [-0.39, 0.29) is 5.82 Å². The quantitative estimate of drug-likeness (QED) is 0.475. The Morgan fingerprint density at radius 1 is 1.04 bits per heavy atom. The van der Waals surface area contributed by atoms with Crippen LogP contribution in [0.3, 0.4) is 0 Å². The van der Waals surface area contributed by atoms with Crippen LogP contribution in [0.2, 0.25) is 0 Å². The third-order valence-electron chi connectivity index (χ3n) is 3.86. The predicted molar refractivity (Wildman–Crippen MR) is 107 cm³/mol. The maximum absolute atomic E-state index is 12.9. The van der Waals surface area contributed by atoms with Gasteiger partial charge in [-0.25, -0.2) is 9.18 Å². The lowest BCUT2D eigenvalue weighted by molar-refractivity contribution is 0.262. The van der Waals surface area contributed by atoms with Crippen molar-refractivity contribution in [3.8, 4) is 22.2 Å². The van der Waals surface area contributed by atoms with Gasteiger partial charge < -0.3 is 15.2 Å². The van der Waals surface area contributed by atoms with E-state index in [1.165, 1.54) is 24.3 Å². The number of aromatic nitrogens is 2. The standard InChI is InChI=1S/C20H15FN4O2S/c1-12-5-10-17(28-12)19-24-18(25-27-19)13-3-2-4-16(11-13)23-20(26)22-15-8-6-14(21)7-9-15/h2-11H,1H3,(H2,22,23,26). The third-order valence-corrected chi connectivity index (χ3v) is 4.85. The molecule has 0 aliphatic heterocycles. The number of hydrogen-bond donors (Lipinski definition) is 2.